The summed E-state index contributed by atoms with van der Waals surface area (Å²) in [5.41, 5.74) is 0.0615. The van der Waals surface area contributed by atoms with Crippen LogP contribution in [0.3, 0.4) is 0 Å². The molecule has 0 bridgehead atoms. The highest BCUT2D eigenvalue weighted by Crippen LogP contribution is 2.09. The molecule has 2 N–H and O–H groups in total. The number of aromatic nitrogens is 1. The van der Waals surface area contributed by atoms with E-state index in [-0.39, 0.29) is 17.4 Å². The summed E-state index contributed by atoms with van der Waals surface area (Å²) in [6, 6.07) is 2.34. The van der Waals surface area contributed by atoms with Crippen molar-refractivity contribution in [2.24, 2.45) is 7.05 Å². The molecule has 0 saturated carbocycles. The third-order valence-corrected chi connectivity index (χ3v) is 3.40. The highest BCUT2D eigenvalue weighted by Gasteiger charge is 2.32. The second kappa shape index (κ2) is 5.87. The summed E-state index contributed by atoms with van der Waals surface area (Å²) in [4.78, 5) is 37.4. The van der Waals surface area contributed by atoms with Crippen LogP contribution in [0.1, 0.15) is 10.4 Å². The van der Waals surface area contributed by atoms with Crippen molar-refractivity contribution in [3.63, 3.8) is 0 Å². The predicted octanol–water partition coefficient (Wildman–Crippen LogP) is -1.45. The first-order valence-electron chi connectivity index (χ1n) is 6.44. The summed E-state index contributed by atoms with van der Waals surface area (Å²) in [5.74, 6) is -0.507. The second-order valence-electron chi connectivity index (χ2n) is 4.70. The summed E-state index contributed by atoms with van der Waals surface area (Å²) in [6.45, 7) is 1.48. The smallest absolute Gasteiger partial charge is 0.254 e. The lowest BCUT2D eigenvalue weighted by Crippen LogP contribution is -2.59. The molecule has 7 heteroatoms. The molecule has 1 atom stereocenters. The Morgan fingerprint density at radius 2 is 2.20 bits per heavy atom. The Bertz CT molecular complexity index is 581. The molecular formula is C13H18N4O3. The van der Waals surface area contributed by atoms with E-state index in [1.807, 2.05) is 0 Å². The lowest BCUT2D eigenvalue weighted by molar-refractivity contribution is -0.125. The van der Waals surface area contributed by atoms with Gasteiger partial charge in [0.2, 0.25) is 5.91 Å². The average molecular weight is 278 g/mol. The van der Waals surface area contributed by atoms with Gasteiger partial charge in [0.1, 0.15) is 6.04 Å². The van der Waals surface area contributed by atoms with Crippen molar-refractivity contribution in [1.82, 2.24) is 20.1 Å². The number of likely N-dealkylation sites (N-methyl/N-ethyl adjacent to an activating group) is 1. The van der Waals surface area contributed by atoms with E-state index in [9.17, 15) is 14.4 Å². The van der Waals surface area contributed by atoms with Crippen LogP contribution >= 0.6 is 0 Å². The number of piperazine rings is 1. The fourth-order valence-electron chi connectivity index (χ4n) is 2.20. The Balaban J connectivity index is 2.27. The van der Waals surface area contributed by atoms with E-state index >= 15 is 0 Å². The third-order valence-electron chi connectivity index (χ3n) is 3.40. The number of hydrogen-bond donors (Lipinski definition) is 2. The lowest BCUT2D eigenvalue weighted by atomic mass is 10.1. The molecule has 1 saturated heterocycles. The maximum Gasteiger partial charge on any atom is 0.254 e. The van der Waals surface area contributed by atoms with Crippen molar-refractivity contribution >= 4 is 11.8 Å². The van der Waals surface area contributed by atoms with E-state index in [4.69, 9.17) is 0 Å². The molecule has 1 aliphatic heterocycles. The van der Waals surface area contributed by atoms with Crippen molar-refractivity contribution in [3.8, 4) is 0 Å². The van der Waals surface area contributed by atoms with Gasteiger partial charge in [-0.15, -0.1) is 0 Å². The minimum atomic E-state index is -0.551. The van der Waals surface area contributed by atoms with E-state index in [0.717, 1.165) is 0 Å². The average Bonchev–Trinajstić information content (AvgIpc) is 2.48. The van der Waals surface area contributed by atoms with Crippen LogP contribution in [-0.2, 0) is 11.8 Å². The lowest BCUT2D eigenvalue weighted by Gasteiger charge is -2.34. The largest absolute Gasteiger partial charge is 0.357 e. The monoisotopic (exact) mass is 278 g/mol. The molecule has 2 heterocycles. The SMILES string of the molecule is CNC(=O)C1CNCCN1C(=O)c1ccn(C)c(=O)c1. The number of aryl methyl sites for hydroxylation is 1. The Morgan fingerprint density at radius 1 is 1.45 bits per heavy atom. The predicted molar refractivity (Wildman–Crippen MR) is 73.4 cm³/mol. The molecule has 7 nitrogen and oxygen atoms in total. The zero-order valence-electron chi connectivity index (χ0n) is 11.5. The summed E-state index contributed by atoms with van der Waals surface area (Å²) < 4.78 is 1.39. The Kier molecular flexibility index (Phi) is 4.19. The number of rotatable bonds is 2. The van der Waals surface area contributed by atoms with Gasteiger partial charge in [-0.05, 0) is 6.07 Å². The van der Waals surface area contributed by atoms with Gasteiger partial charge in [-0.1, -0.05) is 0 Å². The van der Waals surface area contributed by atoms with Gasteiger partial charge >= 0.3 is 0 Å². The van der Waals surface area contributed by atoms with Crippen molar-refractivity contribution in [3.05, 3.63) is 34.2 Å². The molecule has 0 aromatic carbocycles. The van der Waals surface area contributed by atoms with Crippen LogP contribution in [0.5, 0.6) is 0 Å². The van der Waals surface area contributed by atoms with Crippen molar-refractivity contribution in [2.45, 2.75) is 6.04 Å². The first kappa shape index (κ1) is 14.3. The van der Waals surface area contributed by atoms with Gasteiger partial charge in [0.05, 0.1) is 0 Å². The molecule has 1 aromatic rings. The first-order valence-corrected chi connectivity index (χ1v) is 6.44. The molecule has 20 heavy (non-hydrogen) atoms. The minimum absolute atomic E-state index is 0.214. The van der Waals surface area contributed by atoms with Gasteiger partial charge in [0, 0.05) is 51.6 Å². The van der Waals surface area contributed by atoms with Crippen LogP contribution in [0.4, 0.5) is 0 Å². The zero-order valence-corrected chi connectivity index (χ0v) is 11.5. The number of hydrogen-bond acceptors (Lipinski definition) is 4. The summed E-state index contributed by atoms with van der Waals surface area (Å²) in [6.07, 6.45) is 1.55. The molecule has 2 rings (SSSR count). The van der Waals surface area contributed by atoms with Crippen LogP contribution in [-0.4, -0.2) is 54.0 Å². The number of nitrogens with one attached hydrogen (secondary N) is 2. The van der Waals surface area contributed by atoms with Crippen molar-refractivity contribution in [2.75, 3.05) is 26.7 Å². The van der Waals surface area contributed by atoms with Gasteiger partial charge in [-0.25, -0.2) is 0 Å². The van der Waals surface area contributed by atoms with Crippen molar-refractivity contribution in [1.29, 1.82) is 0 Å². The van der Waals surface area contributed by atoms with Crippen molar-refractivity contribution < 1.29 is 9.59 Å². The molecule has 0 spiro atoms. The number of amides is 2. The fourth-order valence-corrected chi connectivity index (χ4v) is 2.20. The molecule has 108 valence electrons. The number of pyridine rings is 1. The van der Waals surface area contributed by atoms with Gasteiger partial charge in [-0.2, -0.15) is 0 Å². The summed E-state index contributed by atoms with van der Waals surface area (Å²) >= 11 is 0. The molecule has 1 unspecified atom stereocenters. The standard InChI is InChI=1S/C13H18N4O3/c1-14-12(19)10-8-15-4-6-17(10)13(20)9-3-5-16(2)11(18)7-9/h3,5,7,10,15H,4,6,8H2,1-2H3,(H,14,19). The highest BCUT2D eigenvalue weighted by atomic mass is 16.2. The number of nitrogens with zero attached hydrogens (tertiary/aromatic N) is 2. The normalized spacial score (nSPS) is 18.7. The summed E-state index contributed by atoms with van der Waals surface area (Å²) in [5, 5.41) is 5.64. The molecule has 1 aliphatic rings. The molecule has 0 aliphatic carbocycles. The molecule has 1 aromatic heterocycles. The molecule has 2 amide bonds. The third kappa shape index (κ3) is 2.72. The van der Waals surface area contributed by atoms with E-state index in [2.05, 4.69) is 10.6 Å². The minimum Gasteiger partial charge on any atom is -0.357 e. The Morgan fingerprint density at radius 3 is 2.85 bits per heavy atom. The number of carbonyl (C=O) groups is 2. The fraction of sp³-hybridized carbons (Fsp3) is 0.462. The van der Waals surface area contributed by atoms with Crippen LogP contribution < -0.4 is 16.2 Å². The van der Waals surface area contributed by atoms with E-state index in [0.29, 0.717) is 25.2 Å². The van der Waals surface area contributed by atoms with E-state index in [1.54, 1.807) is 19.3 Å². The van der Waals surface area contributed by atoms with Gasteiger partial charge in [0.15, 0.2) is 0 Å². The summed E-state index contributed by atoms with van der Waals surface area (Å²) in [7, 11) is 3.16. The van der Waals surface area contributed by atoms with E-state index in [1.165, 1.54) is 22.6 Å². The second-order valence-corrected chi connectivity index (χ2v) is 4.70. The Hall–Kier alpha value is -2.15. The van der Waals surface area contributed by atoms with Crippen LogP contribution in [0, 0.1) is 0 Å². The van der Waals surface area contributed by atoms with Crippen LogP contribution in [0.25, 0.3) is 0 Å². The quantitative estimate of drug-likeness (QED) is 0.693. The molecular weight excluding hydrogens is 260 g/mol. The van der Waals surface area contributed by atoms with Gasteiger partial charge < -0.3 is 20.1 Å². The van der Waals surface area contributed by atoms with Crippen LogP contribution in [0.2, 0.25) is 0 Å². The highest BCUT2D eigenvalue weighted by molar-refractivity contribution is 5.97. The topological polar surface area (TPSA) is 83.4 Å². The van der Waals surface area contributed by atoms with Gasteiger partial charge in [0.25, 0.3) is 11.5 Å². The van der Waals surface area contributed by atoms with Crippen LogP contribution in [0.15, 0.2) is 23.1 Å². The molecule has 0 radical (unpaired) electrons. The first-order chi connectivity index (χ1) is 9.54. The maximum atomic E-state index is 12.5. The maximum absolute atomic E-state index is 12.5. The molecule has 1 fully saturated rings. The number of carbonyl (C=O) groups excluding carboxylic acids is 2. The Labute approximate surface area is 116 Å². The van der Waals surface area contributed by atoms with E-state index < -0.39 is 6.04 Å². The van der Waals surface area contributed by atoms with Gasteiger partial charge in [-0.3, -0.25) is 14.4 Å². The zero-order chi connectivity index (χ0) is 14.7.